The zero-order valence-corrected chi connectivity index (χ0v) is 8.57. The van der Waals surface area contributed by atoms with Crippen molar-refractivity contribution in [1.29, 1.82) is 0 Å². The van der Waals surface area contributed by atoms with Gasteiger partial charge < -0.3 is 29.8 Å². The van der Waals surface area contributed by atoms with E-state index in [1.54, 1.807) is 0 Å². The van der Waals surface area contributed by atoms with Crippen LogP contribution in [0.25, 0.3) is 0 Å². The molecule has 1 rings (SSSR count). The minimum atomic E-state index is -4.33. The van der Waals surface area contributed by atoms with Crippen LogP contribution in [-0.4, -0.2) is 49.7 Å². The van der Waals surface area contributed by atoms with E-state index in [0.29, 0.717) is 5.82 Å². The molecule has 0 amide bonds. The van der Waals surface area contributed by atoms with Crippen LogP contribution in [0.2, 0.25) is 0 Å². The zero-order valence-electron chi connectivity index (χ0n) is 7.67. The van der Waals surface area contributed by atoms with Gasteiger partial charge in [0.15, 0.2) is 6.29 Å². The van der Waals surface area contributed by atoms with Gasteiger partial charge in [0.05, 0.1) is 6.10 Å². The van der Waals surface area contributed by atoms with Gasteiger partial charge in [-0.25, -0.2) is 0 Å². The Balaban J connectivity index is 2.68. The minimum Gasteiger partial charge on any atom is -0.390 e. The molecule has 0 bridgehead atoms. The van der Waals surface area contributed by atoms with Crippen molar-refractivity contribution >= 4 is 7.60 Å². The van der Waals surface area contributed by atoms with Crippen molar-refractivity contribution in [2.45, 2.75) is 31.0 Å². The van der Waals surface area contributed by atoms with Gasteiger partial charge in [0.25, 0.3) is 0 Å². The van der Waals surface area contributed by atoms with E-state index in [0.717, 1.165) is 6.08 Å². The molecule has 0 aromatic carbocycles. The average Bonchev–Trinajstić information content (AvgIpc) is 2.07. The molecule has 1 aliphatic heterocycles. The van der Waals surface area contributed by atoms with Crippen LogP contribution in [-0.2, 0) is 9.30 Å². The Kier molecular flexibility index (Phi) is 4.02. The second-order valence-electron chi connectivity index (χ2n) is 3.28. The molecular formula is C7H13O7P. The summed E-state index contributed by atoms with van der Waals surface area (Å²) in [5, 5.41) is 27.7. The van der Waals surface area contributed by atoms with E-state index in [9.17, 15) is 14.8 Å². The Morgan fingerprint density at radius 1 is 1.27 bits per heavy atom. The number of ether oxygens (including phenoxy) is 1. The summed E-state index contributed by atoms with van der Waals surface area (Å²) in [5.41, 5.74) is 0. The summed E-state index contributed by atoms with van der Waals surface area (Å²) >= 11 is 0. The Morgan fingerprint density at radius 3 is 2.40 bits per heavy atom. The summed E-state index contributed by atoms with van der Waals surface area (Å²) in [4.78, 5) is 17.1. The Labute approximate surface area is 85.8 Å². The molecule has 0 spiro atoms. The fraction of sp³-hybridized carbons (Fsp3) is 0.714. The van der Waals surface area contributed by atoms with Gasteiger partial charge in [0.2, 0.25) is 0 Å². The van der Waals surface area contributed by atoms with E-state index >= 15 is 0 Å². The van der Waals surface area contributed by atoms with Gasteiger partial charge in [-0.2, -0.15) is 0 Å². The molecule has 4 atom stereocenters. The van der Waals surface area contributed by atoms with E-state index < -0.39 is 32.2 Å². The Morgan fingerprint density at radius 2 is 1.87 bits per heavy atom. The normalized spacial score (nSPS) is 38.5. The highest BCUT2D eigenvalue weighted by atomic mass is 31.2. The number of rotatable bonds is 2. The minimum absolute atomic E-state index is 0.137. The molecule has 5 N–H and O–H groups in total. The van der Waals surface area contributed by atoms with Crippen LogP contribution in [0.1, 0.15) is 6.42 Å². The van der Waals surface area contributed by atoms with Crippen LogP contribution >= 0.6 is 7.60 Å². The summed E-state index contributed by atoms with van der Waals surface area (Å²) in [6.45, 7) is 0. The molecule has 1 fully saturated rings. The van der Waals surface area contributed by atoms with Crippen molar-refractivity contribution in [1.82, 2.24) is 0 Å². The molecule has 1 aliphatic rings. The summed E-state index contributed by atoms with van der Waals surface area (Å²) < 4.78 is 15.3. The monoisotopic (exact) mass is 240 g/mol. The van der Waals surface area contributed by atoms with Gasteiger partial charge in [-0.3, -0.25) is 4.57 Å². The lowest BCUT2D eigenvalue weighted by molar-refractivity contribution is -0.218. The molecule has 0 aromatic rings. The van der Waals surface area contributed by atoms with E-state index in [4.69, 9.17) is 19.6 Å². The van der Waals surface area contributed by atoms with Gasteiger partial charge in [-0.05, 0) is 6.08 Å². The molecular weight excluding hydrogens is 227 g/mol. The molecule has 0 radical (unpaired) electrons. The largest absolute Gasteiger partial charge is 0.390 e. The number of aliphatic hydroxyl groups excluding tert-OH is 3. The van der Waals surface area contributed by atoms with Gasteiger partial charge in [-0.1, -0.05) is 0 Å². The fourth-order valence-corrected chi connectivity index (χ4v) is 1.63. The van der Waals surface area contributed by atoms with Crippen LogP contribution in [0, 0.1) is 0 Å². The summed E-state index contributed by atoms with van der Waals surface area (Å²) in [5.74, 6) is 0.561. The van der Waals surface area contributed by atoms with Crippen molar-refractivity contribution < 1.29 is 34.4 Å². The first-order valence-corrected chi connectivity index (χ1v) is 5.92. The van der Waals surface area contributed by atoms with Crippen molar-refractivity contribution in [3.63, 3.8) is 0 Å². The molecule has 15 heavy (non-hydrogen) atoms. The van der Waals surface area contributed by atoms with Crippen molar-refractivity contribution in [3.05, 3.63) is 11.9 Å². The number of hydrogen-bond acceptors (Lipinski definition) is 5. The van der Waals surface area contributed by atoms with Crippen LogP contribution in [0.3, 0.4) is 0 Å². The molecule has 0 aliphatic carbocycles. The third kappa shape index (κ3) is 4.00. The Hall–Kier alpha value is -0.270. The molecule has 1 heterocycles. The van der Waals surface area contributed by atoms with Gasteiger partial charge in [0, 0.05) is 12.2 Å². The summed E-state index contributed by atoms with van der Waals surface area (Å²) in [6.07, 6.45) is -4.08. The second-order valence-corrected chi connectivity index (χ2v) is 4.76. The summed E-state index contributed by atoms with van der Waals surface area (Å²) in [7, 11) is -4.33. The van der Waals surface area contributed by atoms with Crippen LogP contribution in [0.15, 0.2) is 11.9 Å². The molecule has 7 nitrogen and oxygen atoms in total. The lowest BCUT2D eigenvalue weighted by Crippen LogP contribution is -2.47. The zero-order chi connectivity index (χ0) is 11.6. The standard InChI is InChI=1S/C7H13O7P/c8-4-3-6(9)14-5(7(4)10)1-2-15(11,12)13/h1-2,4-10H,3H2,(H2,11,12,13)/b2-1+/t4-,5-,6+,7+/m1/s1. The topological polar surface area (TPSA) is 127 Å². The fourth-order valence-electron chi connectivity index (χ4n) is 1.24. The van der Waals surface area contributed by atoms with Crippen molar-refractivity contribution in [3.8, 4) is 0 Å². The highest BCUT2D eigenvalue weighted by molar-refractivity contribution is 7.55. The molecule has 88 valence electrons. The van der Waals surface area contributed by atoms with Crippen LogP contribution in [0.4, 0.5) is 0 Å². The van der Waals surface area contributed by atoms with Gasteiger partial charge in [0.1, 0.15) is 12.2 Å². The maximum Gasteiger partial charge on any atom is 0.348 e. The maximum atomic E-state index is 10.5. The lowest BCUT2D eigenvalue weighted by atomic mass is 10.0. The first kappa shape index (κ1) is 12.8. The number of hydrogen-bond donors (Lipinski definition) is 5. The molecule has 0 unspecified atom stereocenters. The van der Waals surface area contributed by atoms with E-state index in [-0.39, 0.29) is 6.42 Å². The highest BCUT2D eigenvalue weighted by Gasteiger charge is 2.34. The highest BCUT2D eigenvalue weighted by Crippen LogP contribution is 2.36. The maximum absolute atomic E-state index is 10.5. The average molecular weight is 240 g/mol. The van der Waals surface area contributed by atoms with Crippen LogP contribution < -0.4 is 0 Å². The third-order valence-corrected chi connectivity index (χ3v) is 2.52. The summed E-state index contributed by atoms with van der Waals surface area (Å²) in [6, 6.07) is 0. The predicted molar refractivity (Wildman–Crippen MR) is 48.7 cm³/mol. The van der Waals surface area contributed by atoms with E-state index in [1.165, 1.54) is 0 Å². The predicted octanol–water partition coefficient (Wildman–Crippen LogP) is -1.49. The first-order valence-electron chi connectivity index (χ1n) is 4.24. The third-order valence-electron chi connectivity index (χ3n) is 1.96. The quantitative estimate of drug-likeness (QED) is 0.372. The Bertz CT molecular complexity index is 285. The number of aliphatic hydroxyl groups is 3. The molecule has 0 aromatic heterocycles. The molecule has 0 saturated carbocycles. The SMILES string of the molecule is O=P(O)(O)/C=C/[C@H]1O[C@H](O)C[C@@H](O)[C@@H]1O. The van der Waals surface area contributed by atoms with Crippen molar-refractivity contribution in [2.75, 3.05) is 0 Å². The molecule has 8 heteroatoms. The van der Waals surface area contributed by atoms with Gasteiger partial charge in [-0.15, -0.1) is 0 Å². The smallest absolute Gasteiger partial charge is 0.348 e. The van der Waals surface area contributed by atoms with Gasteiger partial charge >= 0.3 is 7.60 Å². The lowest BCUT2D eigenvalue weighted by Gasteiger charge is -2.33. The second kappa shape index (κ2) is 4.71. The first-order chi connectivity index (χ1) is 6.79. The van der Waals surface area contributed by atoms with Crippen molar-refractivity contribution in [2.24, 2.45) is 0 Å². The van der Waals surface area contributed by atoms with E-state index in [2.05, 4.69) is 0 Å². The van der Waals surface area contributed by atoms with Crippen LogP contribution in [0.5, 0.6) is 0 Å². The van der Waals surface area contributed by atoms with E-state index in [1.807, 2.05) is 0 Å². The molecule has 1 saturated heterocycles.